The second-order valence-electron chi connectivity index (χ2n) is 4.84. The summed E-state index contributed by atoms with van der Waals surface area (Å²) in [6.07, 6.45) is -0.110. The van der Waals surface area contributed by atoms with Gasteiger partial charge >= 0.3 is 0 Å². The lowest BCUT2D eigenvalue weighted by Crippen LogP contribution is -2.35. The summed E-state index contributed by atoms with van der Waals surface area (Å²) >= 11 is 0. The summed E-state index contributed by atoms with van der Waals surface area (Å²) in [6.45, 7) is 5.34. The molecule has 0 aromatic rings. The maximum Gasteiger partial charge on any atom is 0.253 e. The Morgan fingerprint density at radius 1 is 1.50 bits per heavy atom. The van der Waals surface area contributed by atoms with Crippen LogP contribution in [0.1, 0.15) is 33.6 Å². The van der Waals surface area contributed by atoms with Gasteiger partial charge in [-0.05, 0) is 20.8 Å². The van der Waals surface area contributed by atoms with Gasteiger partial charge in [0.15, 0.2) is 0 Å². The van der Waals surface area contributed by atoms with E-state index in [1.54, 1.807) is 20.8 Å². The van der Waals surface area contributed by atoms with E-state index in [9.17, 15) is 13.0 Å². The van der Waals surface area contributed by atoms with Crippen LogP contribution in [0.2, 0.25) is 0 Å². The Morgan fingerprint density at radius 2 is 2.12 bits per heavy atom. The molecule has 0 saturated carbocycles. The van der Waals surface area contributed by atoms with Crippen LogP contribution < -0.4 is 0 Å². The predicted octanol–water partition coefficient (Wildman–Crippen LogP) is 2.33. The molecule has 3 nitrogen and oxygen atoms in total. The van der Waals surface area contributed by atoms with E-state index in [1.807, 2.05) is 0 Å². The molecule has 0 radical (unpaired) electrons. The number of alkyl halides is 2. The van der Waals surface area contributed by atoms with Gasteiger partial charge in [0.05, 0.1) is 17.5 Å². The zero-order chi connectivity index (χ0) is 12.4. The first-order valence-corrected chi connectivity index (χ1v) is 6.27. The van der Waals surface area contributed by atoms with Gasteiger partial charge < -0.3 is 4.74 Å². The van der Waals surface area contributed by atoms with Gasteiger partial charge in [0.2, 0.25) is 0 Å². The van der Waals surface area contributed by atoms with E-state index in [-0.39, 0.29) is 19.4 Å². The highest BCUT2D eigenvalue weighted by Gasteiger charge is 2.36. The van der Waals surface area contributed by atoms with Crippen molar-refractivity contribution < 1.29 is 17.7 Å². The van der Waals surface area contributed by atoms with Crippen molar-refractivity contribution in [3.05, 3.63) is 0 Å². The summed E-state index contributed by atoms with van der Waals surface area (Å²) in [4.78, 5) is 0. The number of hydrogen-bond donors (Lipinski definition) is 0. The van der Waals surface area contributed by atoms with Crippen LogP contribution in [0.5, 0.6) is 0 Å². The van der Waals surface area contributed by atoms with Crippen molar-refractivity contribution in [1.82, 2.24) is 0 Å². The second kappa shape index (κ2) is 4.87. The molecule has 0 spiro atoms. The van der Waals surface area contributed by atoms with Crippen LogP contribution in [0.4, 0.5) is 8.78 Å². The molecule has 1 unspecified atom stereocenters. The van der Waals surface area contributed by atoms with Gasteiger partial charge in [-0.15, -0.1) is 0 Å². The average molecular weight is 253 g/mol. The molecule has 1 fully saturated rings. The van der Waals surface area contributed by atoms with Gasteiger partial charge in [-0.25, -0.2) is 13.0 Å². The third-order valence-corrected chi connectivity index (χ3v) is 3.51. The Balaban J connectivity index is 2.55. The van der Waals surface area contributed by atoms with Crippen molar-refractivity contribution in [2.24, 2.45) is 4.40 Å². The molecule has 0 N–H and O–H groups in total. The molecule has 0 aromatic carbocycles. The number of halogens is 2. The van der Waals surface area contributed by atoms with E-state index in [1.165, 1.54) is 6.21 Å². The average Bonchev–Trinajstić information content (AvgIpc) is 2.11. The number of ether oxygens (including phenoxy) is 1. The predicted molar refractivity (Wildman–Crippen MR) is 60.3 cm³/mol. The molecular weight excluding hydrogens is 236 g/mol. The molecule has 16 heavy (non-hydrogen) atoms. The quantitative estimate of drug-likeness (QED) is 0.708. The molecule has 1 rings (SSSR count). The topological polar surface area (TPSA) is 38.7 Å². The SMILES string of the molecule is CC(C)(C)[S@@](=O)/N=C/C1CC(F)(F)CCO1. The van der Waals surface area contributed by atoms with Crippen molar-refractivity contribution in [1.29, 1.82) is 0 Å². The first-order valence-electron chi connectivity index (χ1n) is 5.16. The van der Waals surface area contributed by atoms with Gasteiger partial charge in [-0.1, -0.05) is 0 Å². The smallest absolute Gasteiger partial charge is 0.253 e. The van der Waals surface area contributed by atoms with Gasteiger partial charge in [0.1, 0.15) is 11.0 Å². The Kier molecular flexibility index (Phi) is 4.17. The minimum Gasteiger partial charge on any atom is -0.372 e. The lowest BCUT2D eigenvalue weighted by Gasteiger charge is -2.26. The van der Waals surface area contributed by atoms with E-state index in [2.05, 4.69) is 4.40 Å². The molecule has 0 aromatic heterocycles. The Hall–Kier alpha value is -0.360. The molecule has 1 aliphatic heterocycles. The highest BCUT2D eigenvalue weighted by atomic mass is 32.2. The standard InChI is InChI=1S/C10H17F2NO2S/c1-9(2,3)16(14)13-7-8-6-10(11,12)4-5-15-8/h7-8H,4-6H2,1-3H3/b13-7+/t8?,16-/m1/s1. The fraction of sp³-hybridized carbons (Fsp3) is 0.900. The maximum absolute atomic E-state index is 13.0. The minimum atomic E-state index is -2.70. The van der Waals surface area contributed by atoms with Crippen LogP contribution in [-0.2, 0) is 15.7 Å². The first kappa shape index (κ1) is 13.7. The molecule has 0 amide bonds. The van der Waals surface area contributed by atoms with Crippen molar-refractivity contribution in [3.8, 4) is 0 Å². The summed E-state index contributed by atoms with van der Waals surface area (Å²) in [5.74, 6) is -2.70. The fourth-order valence-electron chi connectivity index (χ4n) is 1.19. The number of nitrogens with zero attached hydrogens (tertiary/aromatic N) is 1. The van der Waals surface area contributed by atoms with Crippen molar-refractivity contribution in [3.63, 3.8) is 0 Å². The van der Waals surface area contributed by atoms with E-state index in [0.717, 1.165) is 0 Å². The normalized spacial score (nSPS) is 28.2. The Labute approximate surface area is 96.9 Å². The molecule has 6 heteroatoms. The summed E-state index contributed by atoms with van der Waals surface area (Å²) in [6, 6.07) is 0. The third kappa shape index (κ3) is 4.25. The summed E-state index contributed by atoms with van der Waals surface area (Å²) in [5.41, 5.74) is 0. The molecule has 1 saturated heterocycles. The molecule has 2 atom stereocenters. The summed E-state index contributed by atoms with van der Waals surface area (Å²) in [5, 5.41) is 0. The lowest BCUT2D eigenvalue weighted by molar-refractivity contribution is -0.107. The lowest BCUT2D eigenvalue weighted by atomic mass is 10.1. The van der Waals surface area contributed by atoms with Gasteiger partial charge in [0.25, 0.3) is 5.92 Å². The van der Waals surface area contributed by atoms with E-state index in [0.29, 0.717) is 0 Å². The van der Waals surface area contributed by atoms with Crippen LogP contribution in [0.15, 0.2) is 4.40 Å². The highest BCUT2D eigenvalue weighted by Crippen LogP contribution is 2.29. The zero-order valence-electron chi connectivity index (χ0n) is 9.70. The van der Waals surface area contributed by atoms with Crippen LogP contribution in [0.3, 0.4) is 0 Å². The van der Waals surface area contributed by atoms with E-state index in [4.69, 9.17) is 4.74 Å². The summed E-state index contributed by atoms with van der Waals surface area (Å²) < 4.78 is 45.9. The third-order valence-electron chi connectivity index (χ3n) is 2.15. The van der Waals surface area contributed by atoms with Crippen LogP contribution in [-0.4, -0.2) is 33.8 Å². The van der Waals surface area contributed by atoms with Crippen molar-refractivity contribution >= 4 is 17.2 Å². The molecule has 0 bridgehead atoms. The van der Waals surface area contributed by atoms with Crippen LogP contribution >= 0.6 is 0 Å². The molecule has 0 aliphatic carbocycles. The molecule has 1 heterocycles. The molecule has 94 valence electrons. The molecular formula is C10H17F2NO2S. The van der Waals surface area contributed by atoms with E-state index < -0.39 is 27.8 Å². The largest absolute Gasteiger partial charge is 0.372 e. The second-order valence-corrected chi connectivity index (χ2v) is 6.77. The minimum absolute atomic E-state index is 0.0197. The van der Waals surface area contributed by atoms with E-state index >= 15 is 0 Å². The number of rotatable bonds is 2. The zero-order valence-corrected chi connectivity index (χ0v) is 10.5. The first-order chi connectivity index (χ1) is 7.21. The van der Waals surface area contributed by atoms with Gasteiger partial charge in [-0.2, -0.15) is 4.40 Å². The van der Waals surface area contributed by atoms with Crippen LogP contribution in [0.25, 0.3) is 0 Å². The number of hydrogen-bond acceptors (Lipinski definition) is 2. The Bertz CT molecular complexity index is 300. The molecule has 1 aliphatic rings. The van der Waals surface area contributed by atoms with Crippen molar-refractivity contribution in [2.45, 2.75) is 50.4 Å². The summed E-state index contributed by atoms with van der Waals surface area (Å²) in [7, 11) is -1.42. The maximum atomic E-state index is 13.0. The highest BCUT2D eigenvalue weighted by molar-refractivity contribution is 7.85. The van der Waals surface area contributed by atoms with Gasteiger partial charge in [0, 0.05) is 19.1 Å². The Morgan fingerprint density at radius 3 is 2.62 bits per heavy atom. The van der Waals surface area contributed by atoms with Gasteiger partial charge in [-0.3, -0.25) is 0 Å². The van der Waals surface area contributed by atoms with Crippen LogP contribution in [0, 0.1) is 0 Å². The fourth-order valence-corrected chi connectivity index (χ4v) is 1.75. The monoisotopic (exact) mass is 253 g/mol. The van der Waals surface area contributed by atoms with Crippen molar-refractivity contribution in [2.75, 3.05) is 6.61 Å².